The average Bonchev–Trinajstić information content (AvgIpc) is 3.42. The fourth-order valence-corrected chi connectivity index (χ4v) is 3.68. The number of ether oxygens (including phenoxy) is 2. The highest BCUT2D eigenvalue weighted by Gasteiger charge is 2.36. The molecule has 1 N–H and O–H groups in total. The Morgan fingerprint density at radius 1 is 1.24 bits per heavy atom. The van der Waals surface area contributed by atoms with Crippen LogP contribution in [-0.2, 0) is 11.3 Å². The van der Waals surface area contributed by atoms with E-state index >= 15 is 0 Å². The quantitative estimate of drug-likeness (QED) is 0.823. The molecule has 0 aromatic heterocycles. The number of hydrogen-bond acceptors (Lipinski definition) is 6. The third kappa shape index (κ3) is 5.14. The van der Waals surface area contributed by atoms with Crippen LogP contribution >= 0.6 is 0 Å². The molecule has 29 heavy (non-hydrogen) atoms. The van der Waals surface area contributed by atoms with Crippen molar-refractivity contribution >= 4 is 12.1 Å². The normalized spacial score (nSPS) is 21.5. The molecule has 7 heteroatoms. The summed E-state index contributed by atoms with van der Waals surface area (Å²) in [6.45, 7) is 9.93. The van der Waals surface area contributed by atoms with Crippen LogP contribution in [0.15, 0.2) is 29.3 Å². The van der Waals surface area contributed by atoms with Crippen molar-refractivity contribution in [2.75, 3.05) is 32.8 Å². The summed E-state index contributed by atoms with van der Waals surface area (Å²) in [4.78, 5) is 21.1. The summed E-state index contributed by atoms with van der Waals surface area (Å²) >= 11 is 0. The number of guanidine groups is 1. The first kappa shape index (κ1) is 19.9. The maximum absolute atomic E-state index is 12.4. The van der Waals surface area contributed by atoms with Crippen LogP contribution in [0.2, 0.25) is 0 Å². The Hall–Kier alpha value is -2.44. The topological polar surface area (TPSA) is 66.4 Å². The number of benzene rings is 1. The minimum Gasteiger partial charge on any atom is -0.493 e. The smallest absolute Gasteiger partial charge is 0.410 e. The minimum atomic E-state index is -0.470. The second-order valence-electron chi connectivity index (χ2n) is 9.15. The van der Waals surface area contributed by atoms with Gasteiger partial charge in [0.2, 0.25) is 0 Å². The van der Waals surface area contributed by atoms with Crippen molar-refractivity contribution in [3.63, 3.8) is 0 Å². The number of hydrogen-bond donors (Lipinski definition) is 1. The molecule has 7 nitrogen and oxygen atoms in total. The van der Waals surface area contributed by atoms with Gasteiger partial charge in [0, 0.05) is 31.7 Å². The molecule has 0 bridgehead atoms. The Morgan fingerprint density at radius 2 is 2.03 bits per heavy atom. The van der Waals surface area contributed by atoms with E-state index in [2.05, 4.69) is 21.3 Å². The predicted molar refractivity (Wildman–Crippen MR) is 112 cm³/mol. The van der Waals surface area contributed by atoms with Crippen molar-refractivity contribution in [1.29, 1.82) is 0 Å². The lowest BCUT2D eigenvalue weighted by molar-refractivity contribution is 0.0137. The number of aliphatic imine (C=N–C) groups is 1. The largest absolute Gasteiger partial charge is 0.493 e. The Labute approximate surface area is 173 Å². The number of nitrogens with zero attached hydrogens (tertiary/aromatic N) is 3. The van der Waals surface area contributed by atoms with Crippen molar-refractivity contribution in [3.8, 4) is 5.75 Å². The average molecular weight is 401 g/mol. The van der Waals surface area contributed by atoms with Crippen LogP contribution < -0.4 is 10.1 Å². The van der Waals surface area contributed by atoms with E-state index in [4.69, 9.17) is 9.47 Å². The summed E-state index contributed by atoms with van der Waals surface area (Å²) in [6.07, 6.45) is 2.34. The van der Waals surface area contributed by atoms with E-state index in [-0.39, 0.29) is 12.1 Å². The van der Waals surface area contributed by atoms with E-state index in [0.717, 1.165) is 36.3 Å². The van der Waals surface area contributed by atoms with Crippen molar-refractivity contribution in [2.24, 2.45) is 10.9 Å². The van der Waals surface area contributed by atoms with Crippen LogP contribution in [0.5, 0.6) is 5.75 Å². The molecular weight excluding hydrogens is 368 g/mol. The number of amides is 1. The van der Waals surface area contributed by atoms with Gasteiger partial charge < -0.3 is 24.6 Å². The summed E-state index contributed by atoms with van der Waals surface area (Å²) in [6, 6.07) is 8.41. The molecule has 2 fully saturated rings. The zero-order valence-corrected chi connectivity index (χ0v) is 17.7. The Morgan fingerprint density at radius 3 is 2.79 bits per heavy atom. The molecule has 1 atom stereocenters. The van der Waals surface area contributed by atoms with Gasteiger partial charge in [0.25, 0.3) is 0 Å². The summed E-state index contributed by atoms with van der Waals surface area (Å²) < 4.78 is 11.5. The van der Waals surface area contributed by atoms with Gasteiger partial charge in [0.1, 0.15) is 11.4 Å². The molecule has 4 rings (SSSR count). The zero-order valence-electron chi connectivity index (χ0n) is 17.7. The third-order valence-corrected chi connectivity index (χ3v) is 5.44. The lowest BCUT2D eigenvalue weighted by Gasteiger charge is -2.39. The van der Waals surface area contributed by atoms with E-state index in [0.29, 0.717) is 26.2 Å². The highest BCUT2D eigenvalue weighted by atomic mass is 16.6. The zero-order chi connectivity index (χ0) is 20.4. The number of fused-ring (bicyclic) bond motifs is 1. The maximum Gasteiger partial charge on any atom is 0.410 e. The first-order valence-electron chi connectivity index (χ1n) is 10.6. The molecular formula is C22H32N4O3. The monoisotopic (exact) mass is 400 g/mol. The van der Waals surface area contributed by atoms with Gasteiger partial charge in [-0.25, -0.2) is 4.79 Å². The van der Waals surface area contributed by atoms with Crippen molar-refractivity contribution in [1.82, 2.24) is 15.1 Å². The van der Waals surface area contributed by atoms with Gasteiger partial charge in [-0.3, -0.25) is 4.99 Å². The van der Waals surface area contributed by atoms with E-state index < -0.39 is 5.60 Å². The number of para-hydroxylation sites is 1. The molecule has 2 aliphatic heterocycles. The summed E-state index contributed by atoms with van der Waals surface area (Å²) in [5, 5.41) is 3.48. The van der Waals surface area contributed by atoms with E-state index in [1.165, 1.54) is 12.8 Å². The lowest BCUT2D eigenvalue weighted by Crippen LogP contribution is -2.57. The van der Waals surface area contributed by atoms with Gasteiger partial charge >= 0.3 is 6.09 Å². The van der Waals surface area contributed by atoms with Gasteiger partial charge in [-0.1, -0.05) is 18.2 Å². The van der Waals surface area contributed by atoms with Gasteiger partial charge in [-0.15, -0.1) is 0 Å². The van der Waals surface area contributed by atoms with Gasteiger partial charge in [-0.2, -0.15) is 0 Å². The maximum atomic E-state index is 12.4. The third-order valence-electron chi connectivity index (χ3n) is 5.44. The van der Waals surface area contributed by atoms with Crippen molar-refractivity contribution in [3.05, 3.63) is 29.8 Å². The molecule has 1 aromatic rings. The highest BCUT2D eigenvalue weighted by Crippen LogP contribution is 2.30. The molecule has 1 amide bonds. The fourth-order valence-electron chi connectivity index (χ4n) is 3.68. The number of rotatable bonds is 5. The molecule has 1 unspecified atom stereocenters. The van der Waals surface area contributed by atoms with Crippen LogP contribution in [0.3, 0.4) is 0 Å². The number of carbonyl (C=O) groups excluding carboxylic acids is 1. The number of piperazine rings is 1. The molecule has 1 aliphatic carbocycles. The minimum absolute atomic E-state index is 0.208. The van der Waals surface area contributed by atoms with Crippen molar-refractivity contribution < 1.29 is 14.3 Å². The Balaban J connectivity index is 1.29. The summed E-state index contributed by atoms with van der Waals surface area (Å²) in [5.74, 6) is 2.60. The van der Waals surface area contributed by atoms with Crippen LogP contribution in [0.1, 0.15) is 39.2 Å². The second kappa shape index (κ2) is 8.13. The summed E-state index contributed by atoms with van der Waals surface area (Å²) in [7, 11) is 0. The summed E-state index contributed by atoms with van der Waals surface area (Å²) in [5.41, 5.74) is 0.675. The fraction of sp³-hybridized carbons (Fsp3) is 0.636. The van der Waals surface area contributed by atoms with Crippen LogP contribution in [0.4, 0.5) is 4.79 Å². The van der Waals surface area contributed by atoms with E-state index in [1.807, 2.05) is 39.0 Å². The molecule has 0 spiro atoms. The van der Waals surface area contributed by atoms with Gasteiger partial charge in [-0.05, 0) is 45.6 Å². The van der Waals surface area contributed by atoms with Crippen LogP contribution in [-0.4, -0.2) is 66.3 Å². The number of carbonyl (C=O) groups is 1. The standard InChI is InChI=1S/C22H32N4O3/c1-22(2,3)29-21(27)25-10-11-26-18(14-25)13-24-20(26)23-12-17-6-4-5-7-19(17)28-15-16-8-9-16/h4-7,16,18H,8-15H2,1-3H3,(H,23,24). The SMILES string of the molecule is CC(C)(C)OC(=O)N1CCN2C(NCc3ccccc3OCC3CC3)=NCC2C1. The molecule has 0 radical (unpaired) electrons. The molecule has 1 saturated carbocycles. The first-order valence-corrected chi connectivity index (χ1v) is 10.6. The lowest BCUT2D eigenvalue weighted by atomic mass is 10.2. The van der Waals surface area contributed by atoms with E-state index in [9.17, 15) is 4.79 Å². The molecule has 1 saturated heterocycles. The van der Waals surface area contributed by atoms with Gasteiger partial charge in [0.05, 0.1) is 19.2 Å². The second-order valence-corrected chi connectivity index (χ2v) is 9.15. The van der Waals surface area contributed by atoms with Crippen molar-refractivity contribution in [2.45, 2.75) is 51.8 Å². The predicted octanol–water partition coefficient (Wildman–Crippen LogP) is 2.86. The Kier molecular flexibility index (Phi) is 5.56. The van der Waals surface area contributed by atoms with Crippen LogP contribution in [0.25, 0.3) is 0 Å². The Bertz CT molecular complexity index is 770. The first-order chi connectivity index (χ1) is 13.9. The van der Waals surface area contributed by atoms with Gasteiger partial charge in [0.15, 0.2) is 5.96 Å². The number of nitrogens with one attached hydrogen (secondary N) is 1. The van der Waals surface area contributed by atoms with E-state index in [1.54, 1.807) is 4.90 Å². The molecule has 2 heterocycles. The molecule has 1 aromatic carbocycles. The highest BCUT2D eigenvalue weighted by molar-refractivity contribution is 5.82. The van der Waals surface area contributed by atoms with Crippen LogP contribution in [0, 0.1) is 5.92 Å². The molecule has 158 valence electrons. The molecule has 3 aliphatic rings.